The topological polar surface area (TPSA) is 29.9 Å². The van der Waals surface area contributed by atoms with Gasteiger partial charge in [0.2, 0.25) is 0 Å². The Kier molecular flexibility index (Phi) is 4.20. The molecule has 2 aromatic heterocycles. The third-order valence-corrected chi connectivity index (χ3v) is 3.75. The van der Waals surface area contributed by atoms with E-state index in [4.69, 9.17) is 11.6 Å². The molecule has 0 aliphatic heterocycles. The van der Waals surface area contributed by atoms with Gasteiger partial charge in [-0.15, -0.1) is 11.3 Å². The number of aromatic nitrogens is 2. The van der Waals surface area contributed by atoms with Gasteiger partial charge in [0.1, 0.15) is 0 Å². The second kappa shape index (κ2) is 5.67. The van der Waals surface area contributed by atoms with Gasteiger partial charge < -0.3 is 5.32 Å². The summed E-state index contributed by atoms with van der Waals surface area (Å²) in [5.41, 5.74) is 1.24. The Morgan fingerprint density at radius 2 is 2.35 bits per heavy atom. The highest BCUT2D eigenvalue weighted by molar-refractivity contribution is 7.14. The average Bonchev–Trinajstić information content (AvgIpc) is 2.89. The molecule has 2 aromatic rings. The van der Waals surface area contributed by atoms with Gasteiger partial charge in [-0.25, -0.2) is 0 Å². The molecular weight excluding hydrogens is 254 g/mol. The Balaban J connectivity index is 1.88. The first-order chi connectivity index (χ1) is 8.15. The van der Waals surface area contributed by atoms with Gasteiger partial charge in [0.25, 0.3) is 0 Å². The molecule has 2 heterocycles. The minimum absolute atomic E-state index is 0.310. The van der Waals surface area contributed by atoms with Gasteiger partial charge in [0.05, 0.1) is 10.9 Å². The van der Waals surface area contributed by atoms with Crippen molar-refractivity contribution in [1.82, 2.24) is 15.1 Å². The van der Waals surface area contributed by atoms with Crippen LogP contribution in [-0.2, 0) is 6.54 Å². The summed E-state index contributed by atoms with van der Waals surface area (Å²) in [5.74, 6) is 0. The van der Waals surface area contributed by atoms with Crippen molar-refractivity contribution in [1.29, 1.82) is 0 Å². The van der Waals surface area contributed by atoms with Crippen LogP contribution >= 0.6 is 22.9 Å². The zero-order valence-electron chi connectivity index (χ0n) is 9.93. The summed E-state index contributed by atoms with van der Waals surface area (Å²) in [7, 11) is 0. The number of hydrogen-bond donors (Lipinski definition) is 1. The lowest BCUT2D eigenvalue weighted by molar-refractivity contribution is 0.413. The molecule has 0 bridgehead atoms. The summed E-state index contributed by atoms with van der Waals surface area (Å²) in [6.07, 6.45) is 3.78. The van der Waals surface area contributed by atoms with Crippen molar-refractivity contribution in [2.24, 2.45) is 0 Å². The molecule has 2 atom stereocenters. The number of nitrogens with zero attached hydrogens (tertiary/aromatic N) is 2. The van der Waals surface area contributed by atoms with E-state index in [1.54, 1.807) is 17.5 Å². The third kappa shape index (κ3) is 3.56. The lowest BCUT2D eigenvalue weighted by Crippen LogP contribution is -2.32. The molecule has 0 amide bonds. The molecule has 17 heavy (non-hydrogen) atoms. The molecule has 2 rings (SSSR count). The molecule has 3 nitrogen and oxygen atoms in total. The van der Waals surface area contributed by atoms with E-state index in [-0.39, 0.29) is 0 Å². The minimum atomic E-state index is 0.310. The second-order valence-electron chi connectivity index (χ2n) is 4.20. The van der Waals surface area contributed by atoms with Crippen molar-refractivity contribution in [3.8, 4) is 0 Å². The summed E-state index contributed by atoms with van der Waals surface area (Å²) >= 11 is 7.51. The highest BCUT2D eigenvalue weighted by Crippen LogP contribution is 2.24. The van der Waals surface area contributed by atoms with Gasteiger partial charge in [-0.3, -0.25) is 4.68 Å². The fourth-order valence-electron chi connectivity index (χ4n) is 1.82. The first-order valence-corrected chi connectivity index (χ1v) is 6.88. The average molecular weight is 270 g/mol. The summed E-state index contributed by atoms with van der Waals surface area (Å²) in [5, 5.41) is 9.83. The van der Waals surface area contributed by atoms with Crippen LogP contribution in [0.15, 0.2) is 29.9 Å². The second-order valence-corrected chi connectivity index (χ2v) is 5.74. The molecule has 5 heteroatoms. The van der Waals surface area contributed by atoms with Crippen molar-refractivity contribution >= 4 is 22.9 Å². The summed E-state index contributed by atoms with van der Waals surface area (Å²) < 4.78 is 2.78. The van der Waals surface area contributed by atoms with Gasteiger partial charge in [0.15, 0.2) is 0 Å². The smallest absolute Gasteiger partial charge is 0.0931 e. The molecule has 0 aliphatic carbocycles. The number of nitrogens with one attached hydrogen (secondary N) is 1. The molecule has 0 saturated carbocycles. The highest BCUT2D eigenvalue weighted by Gasteiger charge is 2.11. The minimum Gasteiger partial charge on any atom is -0.306 e. The fourth-order valence-corrected chi connectivity index (χ4v) is 2.80. The van der Waals surface area contributed by atoms with Crippen LogP contribution in [0.5, 0.6) is 0 Å². The molecule has 0 radical (unpaired) electrons. The largest absolute Gasteiger partial charge is 0.306 e. The number of rotatable bonds is 5. The fraction of sp³-hybridized carbons (Fsp3) is 0.417. The lowest BCUT2D eigenvalue weighted by Gasteiger charge is -2.19. The lowest BCUT2D eigenvalue weighted by atomic mass is 10.1. The van der Waals surface area contributed by atoms with Crippen LogP contribution in [-0.4, -0.2) is 15.8 Å². The zero-order chi connectivity index (χ0) is 12.3. The van der Waals surface area contributed by atoms with Crippen molar-refractivity contribution in [2.45, 2.75) is 32.5 Å². The SMILES string of the molecule is CC(Cn1cccn1)NC(C)c1csc(Cl)c1. The van der Waals surface area contributed by atoms with Crippen LogP contribution < -0.4 is 5.32 Å². The number of hydrogen-bond acceptors (Lipinski definition) is 3. The maximum absolute atomic E-state index is 5.93. The Bertz CT molecular complexity index is 452. The van der Waals surface area contributed by atoms with Crippen LogP contribution in [0.3, 0.4) is 0 Å². The van der Waals surface area contributed by atoms with E-state index in [1.165, 1.54) is 5.56 Å². The van der Waals surface area contributed by atoms with Crippen LogP contribution in [0.2, 0.25) is 4.34 Å². The molecule has 0 aliphatic rings. The van der Waals surface area contributed by atoms with Crippen LogP contribution in [0.25, 0.3) is 0 Å². The highest BCUT2D eigenvalue weighted by atomic mass is 35.5. The van der Waals surface area contributed by atoms with Crippen LogP contribution in [0.4, 0.5) is 0 Å². The van der Waals surface area contributed by atoms with E-state index >= 15 is 0 Å². The predicted octanol–water partition coefficient (Wildman–Crippen LogP) is 3.34. The molecule has 0 fully saturated rings. The number of thiophene rings is 1. The monoisotopic (exact) mass is 269 g/mol. The van der Waals surface area contributed by atoms with E-state index < -0.39 is 0 Å². The van der Waals surface area contributed by atoms with Gasteiger partial charge >= 0.3 is 0 Å². The Labute approximate surface area is 110 Å². The normalized spacial score (nSPS) is 14.8. The Hall–Kier alpha value is -0.840. The van der Waals surface area contributed by atoms with E-state index in [0.717, 1.165) is 10.9 Å². The van der Waals surface area contributed by atoms with E-state index in [0.29, 0.717) is 12.1 Å². The first-order valence-electron chi connectivity index (χ1n) is 5.62. The molecular formula is C12H16ClN3S. The number of halogens is 1. The predicted molar refractivity (Wildman–Crippen MR) is 72.6 cm³/mol. The third-order valence-electron chi connectivity index (χ3n) is 2.64. The van der Waals surface area contributed by atoms with E-state index in [9.17, 15) is 0 Å². The summed E-state index contributed by atoms with van der Waals surface area (Å²) in [4.78, 5) is 0. The molecule has 92 valence electrons. The summed E-state index contributed by atoms with van der Waals surface area (Å²) in [6, 6.07) is 4.63. The van der Waals surface area contributed by atoms with Crippen LogP contribution in [0, 0.1) is 0 Å². The van der Waals surface area contributed by atoms with Gasteiger partial charge in [-0.2, -0.15) is 5.10 Å². The maximum Gasteiger partial charge on any atom is 0.0931 e. The Morgan fingerprint density at radius 1 is 1.53 bits per heavy atom. The standard InChI is InChI=1S/C12H16ClN3S/c1-9(7-16-5-3-4-14-16)15-10(2)11-6-12(13)17-8-11/h3-6,8-10,15H,7H2,1-2H3. The molecule has 2 unspecified atom stereocenters. The van der Waals surface area contributed by atoms with Gasteiger partial charge in [-0.1, -0.05) is 11.6 Å². The van der Waals surface area contributed by atoms with Crippen molar-refractivity contribution in [2.75, 3.05) is 0 Å². The Morgan fingerprint density at radius 3 is 2.94 bits per heavy atom. The van der Waals surface area contributed by atoms with E-state index in [1.807, 2.05) is 23.0 Å². The van der Waals surface area contributed by atoms with Crippen LogP contribution in [0.1, 0.15) is 25.5 Å². The van der Waals surface area contributed by atoms with Gasteiger partial charge in [0, 0.05) is 24.5 Å². The van der Waals surface area contributed by atoms with Crippen molar-refractivity contribution in [3.05, 3.63) is 39.8 Å². The van der Waals surface area contributed by atoms with Gasteiger partial charge in [-0.05, 0) is 36.9 Å². The zero-order valence-corrected chi connectivity index (χ0v) is 11.5. The molecule has 0 spiro atoms. The van der Waals surface area contributed by atoms with E-state index in [2.05, 4.69) is 29.6 Å². The molecule has 1 N–H and O–H groups in total. The summed E-state index contributed by atoms with van der Waals surface area (Å²) in [6.45, 7) is 5.18. The quantitative estimate of drug-likeness (QED) is 0.902. The van der Waals surface area contributed by atoms with Crippen molar-refractivity contribution < 1.29 is 0 Å². The molecule has 0 aromatic carbocycles. The first kappa shape index (κ1) is 12.6. The van der Waals surface area contributed by atoms with Crippen molar-refractivity contribution in [3.63, 3.8) is 0 Å². The maximum atomic E-state index is 5.93. The molecule has 0 saturated heterocycles.